The van der Waals surface area contributed by atoms with Gasteiger partial charge in [-0.15, -0.1) is 0 Å². The number of pyridine rings is 1. The Morgan fingerprint density at radius 2 is 1.79 bits per heavy atom. The van der Waals surface area contributed by atoms with Crippen molar-refractivity contribution in [1.29, 1.82) is 0 Å². The van der Waals surface area contributed by atoms with E-state index in [2.05, 4.69) is 50.3 Å². The number of hydrogen-bond donors (Lipinski definition) is 3. The summed E-state index contributed by atoms with van der Waals surface area (Å²) in [4.78, 5) is 31.0. The molecule has 38 heavy (non-hydrogen) atoms. The number of aliphatic hydroxyl groups is 1. The largest absolute Gasteiger partial charge is 0.491 e. The molecule has 0 aliphatic carbocycles. The first-order valence-electron chi connectivity index (χ1n) is 12.4. The van der Waals surface area contributed by atoms with Gasteiger partial charge in [-0.25, -0.2) is 15.0 Å². The van der Waals surface area contributed by atoms with Crippen LogP contribution in [0.4, 0.5) is 29.2 Å². The first-order valence-corrected chi connectivity index (χ1v) is 12.4. The van der Waals surface area contributed by atoms with E-state index in [1.807, 2.05) is 37.3 Å². The summed E-state index contributed by atoms with van der Waals surface area (Å²) >= 11 is 0. The second-order valence-electron chi connectivity index (χ2n) is 8.63. The lowest BCUT2D eigenvalue weighted by atomic mass is 10.2. The Labute approximate surface area is 220 Å². The Hall–Kier alpha value is -4.58. The number of aliphatic hydroxyl groups excluding tert-OH is 1. The van der Waals surface area contributed by atoms with Crippen molar-refractivity contribution in [3.8, 4) is 5.75 Å². The van der Waals surface area contributed by atoms with Crippen molar-refractivity contribution >= 4 is 29.2 Å². The van der Waals surface area contributed by atoms with Crippen molar-refractivity contribution in [2.45, 2.75) is 19.6 Å². The fraction of sp³-hybridized carbons (Fsp3) is 0.308. The lowest BCUT2D eigenvalue weighted by Crippen LogP contribution is -2.47. The van der Waals surface area contributed by atoms with E-state index in [0.717, 1.165) is 24.6 Å². The molecule has 1 aliphatic rings. The molecule has 1 aliphatic heterocycles. The van der Waals surface area contributed by atoms with Crippen LogP contribution in [0.3, 0.4) is 0 Å². The van der Waals surface area contributed by atoms with E-state index in [1.54, 1.807) is 31.6 Å². The summed E-state index contributed by atoms with van der Waals surface area (Å²) in [6, 6.07) is 13.1. The standard InChI is InChI=1S/C26H30N10O2/c1-3-21-31-25(32-22-15-18(9-10-28-22)24(37)30-19-7-5-4-6-8-19)34-26(33-21)36-13-11-35(12-14-36)23-20(38-2)16-27-17-29-23/h4-10,15-17,24,30,37H,3,11-14H2,1-2H3,(H,28,31,32,33,34). The number of ether oxygens (including phenoxy) is 1. The smallest absolute Gasteiger partial charge is 0.233 e. The number of nitrogens with zero attached hydrogens (tertiary/aromatic N) is 8. The van der Waals surface area contributed by atoms with Gasteiger partial charge in [-0.1, -0.05) is 25.1 Å². The van der Waals surface area contributed by atoms with E-state index >= 15 is 0 Å². The summed E-state index contributed by atoms with van der Waals surface area (Å²) in [5, 5.41) is 16.9. The third kappa shape index (κ3) is 5.86. The highest BCUT2D eigenvalue weighted by atomic mass is 16.5. The zero-order chi connectivity index (χ0) is 26.3. The second kappa shape index (κ2) is 11.6. The van der Waals surface area contributed by atoms with Crippen LogP contribution in [0.25, 0.3) is 0 Å². The van der Waals surface area contributed by atoms with E-state index in [0.29, 0.717) is 54.4 Å². The molecule has 0 saturated carbocycles. The van der Waals surface area contributed by atoms with Gasteiger partial charge in [0.2, 0.25) is 11.9 Å². The molecular formula is C26H30N10O2. The van der Waals surface area contributed by atoms with E-state index in [9.17, 15) is 5.11 Å². The van der Waals surface area contributed by atoms with E-state index in [-0.39, 0.29) is 0 Å². The first-order chi connectivity index (χ1) is 18.6. The van der Waals surface area contributed by atoms with Crippen molar-refractivity contribution in [2.24, 2.45) is 0 Å². The summed E-state index contributed by atoms with van der Waals surface area (Å²) in [6.07, 6.45) is 4.60. The first kappa shape index (κ1) is 25.1. The van der Waals surface area contributed by atoms with Gasteiger partial charge < -0.3 is 30.3 Å². The molecule has 0 bridgehead atoms. The van der Waals surface area contributed by atoms with Gasteiger partial charge in [-0.2, -0.15) is 15.0 Å². The maximum Gasteiger partial charge on any atom is 0.233 e. The number of rotatable bonds is 9. The third-order valence-electron chi connectivity index (χ3n) is 6.14. The van der Waals surface area contributed by atoms with Gasteiger partial charge in [0.05, 0.1) is 13.3 Å². The lowest BCUT2D eigenvalue weighted by molar-refractivity contribution is 0.208. The fourth-order valence-electron chi connectivity index (χ4n) is 4.15. The van der Waals surface area contributed by atoms with Gasteiger partial charge in [0.15, 0.2) is 17.8 Å². The molecule has 4 aromatic rings. The highest BCUT2D eigenvalue weighted by Crippen LogP contribution is 2.26. The van der Waals surface area contributed by atoms with Crippen LogP contribution >= 0.6 is 0 Å². The fourth-order valence-corrected chi connectivity index (χ4v) is 4.15. The Balaban J connectivity index is 1.29. The van der Waals surface area contributed by atoms with Crippen LogP contribution in [-0.2, 0) is 6.42 Å². The number of anilines is 5. The SMILES string of the molecule is CCc1nc(Nc2cc(C(O)Nc3ccccc3)ccn2)nc(N2CCN(c3ncncc3OC)CC2)n1. The van der Waals surface area contributed by atoms with Crippen molar-refractivity contribution in [3.63, 3.8) is 0 Å². The molecule has 1 fully saturated rings. The van der Waals surface area contributed by atoms with Gasteiger partial charge in [0.1, 0.15) is 18.0 Å². The van der Waals surface area contributed by atoms with Gasteiger partial charge in [-0.05, 0) is 24.3 Å². The number of nitrogens with one attached hydrogen (secondary N) is 2. The summed E-state index contributed by atoms with van der Waals surface area (Å²) in [7, 11) is 1.62. The molecule has 0 radical (unpaired) electrons. The van der Waals surface area contributed by atoms with Crippen molar-refractivity contribution < 1.29 is 9.84 Å². The maximum atomic E-state index is 10.7. The highest BCUT2D eigenvalue weighted by Gasteiger charge is 2.23. The van der Waals surface area contributed by atoms with Gasteiger partial charge >= 0.3 is 0 Å². The Morgan fingerprint density at radius 1 is 1.00 bits per heavy atom. The van der Waals surface area contributed by atoms with Crippen molar-refractivity contribution in [3.05, 3.63) is 72.6 Å². The Bertz CT molecular complexity index is 1350. The van der Waals surface area contributed by atoms with Crippen molar-refractivity contribution in [2.75, 3.05) is 53.7 Å². The number of hydrogen-bond acceptors (Lipinski definition) is 12. The summed E-state index contributed by atoms with van der Waals surface area (Å²) in [5.74, 6) is 3.65. The minimum atomic E-state index is -0.897. The number of piperazine rings is 1. The molecule has 1 saturated heterocycles. The molecule has 3 aromatic heterocycles. The van der Waals surface area contributed by atoms with Crippen LogP contribution in [0.15, 0.2) is 61.2 Å². The lowest BCUT2D eigenvalue weighted by Gasteiger charge is -2.35. The average Bonchev–Trinajstić information content (AvgIpc) is 2.97. The van der Waals surface area contributed by atoms with Crippen LogP contribution < -0.4 is 25.2 Å². The molecule has 5 rings (SSSR count). The maximum absolute atomic E-state index is 10.7. The Morgan fingerprint density at radius 3 is 2.55 bits per heavy atom. The van der Waals surface area contributed by atoms with Crippen LogP contribution in [0.2, 0.25) is 0 Å². The molecular weight excluding hydrogens is 484 g/mol. The number of para-hydroxylation sites is 1. The molecule has 12 nitrogen and oxygen atoms in total. The zero-order valence-electron chi connectivity index (χ0n) is 21.3. The average molecular weight is 515 g/mol. The minimum Gasteiger partial charge on any atom is -0.491 e. The van der Waals surface area contributed by atoms with E-state index in [4.69, 9.17) is 4.74 Å². The van der Waals surface area contributed by atoms with Gasteiger partial charge in [0, 0.05) is 50.0 Å². The molecule has 1 unspecified atom stereocenters. The number of benzene rings is 1. The summed E-state index contributed by atoms with van der Waals surface area (Å²) in [6.45, 7) is 4.90. The molecule has 3 N–H and O–H groups in total. The normalized spacial score (nSPS) is 14.2. The summed E-state index contributed by atoms with van der Waals surface area (Å²) < 4.78 is 5.42. The second-order valence-corrected chi connectivity index (χ2v) is 8.63. The molecule has 196 valence electrons. The van der Waals surface area contributed by atoms with Crippen LogP contribution in [0.5, 0.6) is 5.75 Å². The van der Waals surface area contributed by atoms with E-state index in [1.165, 1.54) is 6.33 Å². The monoisotopic (exact) mass is 514 g/mol. The summed E-state index contributed by atoms with van der Waals surface area (Å²) in [5.41, 5.74) is 1.48. The molecule has 0 amide bonds. The van der Waals surface area contributed by atoms with E-state index < -0.39 is 6.23 Å². The molecule has 1 aromatic carbocycles. The molecule has 4 heterocycles. The number of aryl methyl sites for hydroxylation is 1. The predicted molar refractivity (Wildman–Crippen MR) is 145 cm³/mol. The third-order valence-corrected chi connectivity index (χ3v) is 6.14. The van der Waals surface area contributed by atoms with Crippen LogP contribution in [-0.4, -0.2) is 68.3 Å². The quantitative estimate of drug-likeness (QED) is 0.283. The Kier molecular flexibility index (Phi) is 7.69. The molecule has 0 spiro atoms. The van der Waals surface area contributed by atoms with Gasteiger partial charge in [-0.3, -0.25) is 0 Å². The zero-order valence-corrected chi connectivity index (χ0v) is 21.3. The highest BCUT2D eigenvalue weighted by molar-refractivity contribution is 5.54. The van der Waals surface area contributed by atoms with Crippen molar-refractivity contribution in [1.82, 2.24) is 29.9 Å². The van der Waals surface area contributed by atoms with Gasteiger partial charge in [0.25, 0.3) is 0 Å². The van der Waals surface area contributed by atoms with Crippen LogP contribution in [0, 0.1) is 0 Å². The predicted octanol–water partition coefficient (Wildman–Crippen LogP) is 2.80. The minimum absolute atomic E-state index is 0.405. The van der Waals surface area contributed by atoms with Crippen LogP contribution in [0.1, 0.15) is 24.5 Å². The number of methoxy groups -OCH3 is 1. The topological polar surface area (TPSA) is 137 Å². The number of aromatic nitrogens is 6. The molecule has 12 heteroatoms. The molecule has 1 atom stereocenters.